The Morgan fingerprint density at radius 1 is 0.480 bits per heavy atom. The average Bonchev–Trinajstić information content (AvgIpc) is 3.86. The summed E-state index contributed by atoms with van der Waals surface area (Å²) < 4.78 is 21.1. The van der Waals surface area contributed by atoms with Crippen molar-refractivity contribution in [3.8, 4) is 0 Å². The molecule has 3 heterocycles. The van der Waals surface area contributed by atoms with Crippen molar-refractivity contribution in [2.24, 2.45) is 32.7 Å². The van der Waals surface area contributed by atoms with Gasteiger partial charge in [0.2, 0.25) is 17.7 Å². The largest absolute Gasteiger partial charge is 0.469 e. The SMILES string of the molecule is CCC1(CC)OC(c2cc(C3=N[C@@H](C(C)C)C(CC)(CC)O3)cc(C3=N[C@@H](C(C)C)C(c4ccccc4)(c4ccccc4)O3)c2)=N[C@H]1C(C)C. The highest BCUT2D eigenvalue weighted by atomic mass is 16.5. The molecule has 6 nitrogen and oxygen atoms in total. The fraction of sp³-hybridized carbons (Fsp3) is 0.523. The molecule has 0 aromatic heterocycles. The molecule has 50 heavy (non-hydrogen) atoms. The van der Waals surface area contributed by atoms with Crippen molar-refractivity contribution in [1.82, 2.24) is 0 Å². The van der Waals surface area contributed by atoms with E-state index in [0.29, 0.717) is 29.5 Å². The van der Waals surface area contributed by atoms with Crippen LogP contribution in [0.2, 0.25) is 0 Å². The Morgan fingerprint density at radius 2 is 0.800 bits per heavy atom. The number of benzene rings is 3. The van der Waals surface area contributed by atoms with Gasteiger partial charge in [0, 0.05) is 27.8 Å². The quantitative estimate of drug-likeness (QED) is 0.192. The Labute approximate surface area is 300 Å². The average molecular weight is 676 g/mol. The predicted octanol–water partition coefficient (Wildman–Crippen LogP) is 10.2. The molecule has 6 rings (SSSR count). The highest BCUT2D eigenvalue weighted by molar-refractivity contribution is 6.06. The molecule has 0 amide bonds. The molecule has 0 saturated carbocycles. The summed E-state index contributed by atoms with van der Waals surface area (Å²) in [4.78, 5) is 16.0. The summed E-state index contributed by atoms with van der Waals surface area (Å²) in [5.41, 5.74) is 3.34. The van der Waals surface area contributed by atoms with Gasteiger partial charge in [0.15, 0.2) is 5.60 Å². The second-order valence-corrected chi connectivity index (χ2v) is 15.5. The molecule has 3 aromatic carbocycles. The fourth-order valence-corrected chi connectivity index (χ4v) is 8.66. The van der Waals surface area contributed by atoms with Crippen LogP contribution >= 0.6 is 0 Å². The van der Waals surface area contributed by atoms with Crippen LogP contribution in [-0.4, -0.2) is 47.0 Å². The Balaban J connectivity index is 1.54. The lowest BCUT2D eigenvalue weighted by molar-refractivity contribution is 0.0341. The highest BCUT2D eigenvalue weighted by Crippen LogP contribution is 2.47. The second-order valence-electron chi connectivity index (χ2n) is 15.5. The molecule has 0 saturated heterocycles. The molecular weight excluding hydrogens is 619 g/mol. The molecule has 3 aliphatic heterocycles. The van der Waals surface area contributed by atoms with E-state index in [9.17, 15) is 0 Å². The summed E-state index contributed by atoms with van der Waals surface area (Å²) in [6.07, 6.45) is 3.54. The number of aliphatic imine (C=N–C) groups is 3. The second kappa shape index (κ2) is 14.0. The smallest absolute Gasteiger partial charge is 0.217 e. The zero-order chi connectivity index (χ0) is 35.8. The molecule has 0 N–H and O–H groups in total. The monoisotopic (exact) mass is 675 g/mol. The minimum atomic E-state index is -0.796. The van der Waals surface area contributed by atoms with E-state index in [0.717, 1.165) is 53.5 Å². The van der Waals surface area contributed by atoms with Gasteiger partial charge in [-0.2, -0.15) is 0 Å². The molecule has 3 aromatic rings. The van der Waals surface area contributed by atoms with Crippen molar-refractivity contribution in [2.75, 3.05) is 0 Å². The van der Waals surface area contributed by atoms with E-state index in [-0.39, 0.29) is 35.2 Å². The fourth-order valence-electron chi connectivity index (χ4n) is 8.66. The highest BCUT2D eigenvalue weighted by Gasteiger charge is 2.52. The maximum atomic E-state index is 7.29. The zero-order valence-corrected chi connectivity index (χ0v) is 31.9. The van der Waals surface area contributed by atoms with E-state index in [2.05, 4.69) is 148 Å². The van der Waals surface area contributed by atoms with Crippen LogP contribution in [0.3, 0.4) is 0 Å². The lowest BCUT2D eigenvalue weighted by Gasteiger charge is -2.36. The molecule has 6 heteroatoms. The lowest BCUT2D eigenvalue weighted by atomic mass is 9.76. The van der Waals surface area contributed by atoms with Crippen LogP contribution in [-0.2, 0) is 19.8 Å². The third kappa shape index (κ3) is 5.96. The van der Waals surface area contributed by atoms with Crippen LogP contribution < -0.4 is 0 Å². The van der Waals surface area contributed by atoms with Crippen molar-refractivity contribution >= 4 is 17.7 Å². The third-order valence-corrected chi connectivity index (χ3v) is 11.5. The van der Waals surface area contributed by atoms with Crippen molar-refractivity contribution in [3.63, 3.8) is 0 Å². The van der Waals surface area contributed by atoms with E-state index >= 15 is 0 Å². The summed E-state index contributed by atoms with van der Waals surface area (Å²) in [5, 5.41) is 0. The number of hydrogen-bond acceptors (Lipinski definition) is 6. The third-order valence-electron chi connectivity index (χ3n) is 11.5. The van der Waals surface area contributed by atoms with Gasteiger partial charge in [0.1, 0.15) is 17.2 Å². The van der Waals surface area contributed by atoms with Crippen LogP contribution in [0.25, 0.3) is 0 Å². The molecular formula is C44H57N3O3. The Kier molecular flexibility index (Phi) is 10.0. The molecule has 3 aliphatic rings. The van der Waals surface area contributed by atoms with Crippen LogP contribution in [0, 0.1) is 17.8 Å². The van der Waals surface area contributed by atoms with Gasteiger partial charge in [-0.25, -0.2) is 15.0 Å². The van der Waals surface area contributed by atoms with Crippen molar-refractivity contribution < 1.29 is 14.2 Å². The standard InChI is InChI=1S/C44H57N3O3/c1-11-42(12-2)36(28(5)6)45-39(48-42)31-25-32(40-46-37(29(7)8)43(13-3,14-4)49-40)27-33(26-31)41-47-38(30(9)10)44(50-41,34-21-17-15-18-22-34)35-23-19-16-20-24-35/h15-30,36-38H,11-14H2,1-10H3/t36-,37-,38-/m0/s1. The van der Waals surface area contributed by atoms with Crippen molar-refractivity contribution in [3.05, 3.63) is 107 Å². The molecule has 0 aliphatic carbocycles. The Bertz CT molecular complexity index is 1630. The molecule has 0 spiro atoms. The van der Waals surface area contributed by atoms with Crippen LogP contribution in [0.15, 0.2) is 93.8 Å². The van der Waals surface area contributed by atoms with Gasteiger partial charge < -0.3 is 14.2 Å². The summed E-state index contributed by atoms with van der Waals surface area (Å²) in [6.45, 7) is 22.3. The summed E-state index contributed by atoms with van der Waals surface area (Å²) in [6, 6.07) is 27.5. The van der Waals surface area contributed by atoms with E-state index in [4.69, 9.17) is 29.2 Å². The first-order chi connectivity index (χ1) is 24.0. The maximum Gasteiger partial charge on any atom is 0.217 e. The van der Waals surface area contributed by atoms with Gasteiger partial charge >= 0.3 is 0 Å². The molecule has 3 atom stereocenters. The van der Waals surface area contributed by atoms with E-state index < -0.39 is 5.60 Å². The number of nitrogens with zero attached hydrogens (tertiary/aromatic N) is 3. The molecule has 0 bridgehead atoms. The summed E-state index contributed by atoms with van der Waals surface area (Å²) in [5.74, 6) is 2.82. The van der Waals surface area contributed by atoms with Crippen LogP contribution in [0.4, 0.5) is 0 Å². The summed E-state index contributed by atoms with van der Waals surface area (Å²) >= 11 is 0. The van der Waals surface area contributed by atoms with Gasteiger partial charge in [0.05, 0.1) is 12.1 Å². The normalized spacial score (nSPS) is 23.4. The summed E-state index contributed by atoms with van der Waals surface area (Å²) in [7, 11) is 0. The number of rotatable bonds is 12. The van der Waals surface area contributed by atoms with Gasteiger partial charge in [-0.3, -0.25) is 0 Å². The van der Waals surface area contributed by atoms with Gasteiger partial charge in [0.25, 0.3) is 0 Å². The van der Waals surface area contributed by atoms with Crippen molar-refractivity contribution in [1.29, 1.82) is 0 Å². The molecule has 0 radical (unpaired) electrons. The lowest BCUT2D eigenvalue weighted by Crippen LogP contribution is -2.42. The van der Waals surface area contributed by atoms with Crippen LogP contribution in [0.5, 0.6) is 0 Å². The maximum absolute atomic E-state index is 7.29. The van der Waals surface area contributed by atoms with Gasteiger partial charge in [-0.1, -0.05) is 130 Å². The van der Waals surface area contributed by atoms with E-state index in [1.54, 1.807) is 0 Å². The topological polar surface area (TPSA) is 64.8 Å². The van der Waals surface area contributed by atoms with Crippen LogP contribution in [0.1, 0.15) is 123 Å². The Hall–Kier alpha value is -3.93. The number of ether oxygens (including phenoxy) is 3. The molecule has 0 fully saturated rings. The molecule has 266 valence electrons. The van der Waals surface area contributed by atoms with E-state index in [1.807, 2.05) is 0 Å². The Morgan fingerprint density at radius 3 is 1.10 bits per heavy atom. The zero-order valence-electron chi connectivity index (χ0n) is 31.9. The minimum Gasteiger partial charge on any atom is -0.469 e. The minimum absolute atomic E-state index is 0.0621. The van der Waals surface area contributed by atoms with Gasteiger partial charge in [-0.15, -0.1) is 0 Å². The van der Waals surface area contributed by atoms with E-state index in [1.165, 1.54) is 0 Å². The first-order valence-electron chi connectivity index (χ1n) is 19.0. The van der Waals surface area contributed by atoms with Gasteiger partial charge in [-0.05, 0) is 61.6 Å². The first kappa shape index (κ1) is 35.9. The van der Waals surface area contributed by atoms with Crippen molar-refractivity contribution in [2.45, 2.75) is 130 Å². The predicted molar refractivity (Wildman–Crippen MR) is 205 cm³/mol. The number of hydrogen-bond donors (Lipinski definition) is 0. The molecule has 0 unspecified atom stereocenters. The first-order valence-corrected chi connectivity index (χ1v) is 19.0.